The number of ether oxygens (including phenoxy) is 1. The number of rotatable bonds is 6. The average Bonchev–Trinajstić information content (AvgIpc) is 2.87. The molecule has 0 unspecified atom stereocenters. The number of hydrogen-bond acceptors (Lipinski definition) is 3. The number of nitrogens with one attached hydrogen (secondary N) is 1. The second-order valence-corrected chi connectivity index (χ2v) is 6.47. The van der Waals surface area contributed by atoms with Crippen molar-refractivity contribution in [2.45, 2.75) is 31.3 Å². The zero-order valence-electron chi connectivity index (χ0n) is 12.1. The Morgan fingerprint density at radius 1 is 1.43 bits per heavy atom. The van der Waals surface area contributed by atoms with Crippen LogP contribution in [0.3, 0.4) is 0 Å². The molecule has 1 heterocycles. The Kier molecular flexibility index (Phi) is 4.60. The molecule has 0 saturated heterocycles. The first-order valence-corrected chi connectivity index (χ1v) is 8.07. The molecule has 0 bridgehead atoms. The fraction of sp³-hybridized carbons (Fsp3) is 0.438. The highest BCUT2D eigenvalue weighted by atomic mass is 79.9. The molecule has 3 rings (SSSR count). The van der Waals surface area contributed by atoms with Crippen molar-refractivity contribution in [1.29, 1.82) is 0 Å². The monoisotopic (exact) mass is 349 g/mol. The number of nitrogens with zero attached hydrogens (tertiary/aromatic N) is 2. The van der Waals surface area contributed by atoms with Gasteiger partial charge in [-0.15, -0.1) is 0 Å². The number of methoxy groups -OCH3 is 1. The number of halogens is 1. The summed E-state index contributed by atoms with van der Waals surface area (Å²) < 4.78 is 8.13. The van der Waals surface area contributed by atoms with E-state index in [-0.39, 0.29) is 0 Å². The second-order valence-electron chi connectivity index (χ2n) is 5.55. The van der Waals surface area contributed by atoms with Gasteiger partial charge in [0.25, 0.3) is 0 Å². The summed E-state index contributed by atoms with van der Waals surface area (Å²) in [4.78, 5) is 0. The maximum atomic E-state index is 5.06. The van der Waals surface area contributed by atoms with E-state index >= 15 is 0 Å². The van der Waals surface area contributed by atoms with Crippen LogP contribution in [0, 0.1) is 0 Å². The molecule has 4 nitrogen and oxygen atoms in total. The standard InChI is InChI=1S/C16H20BrN3O/c1-21-6-5-20-11-16(10-18-20)19-15-8-13(9-15)12-3-2-4-14(17)7-12/h2-4,7,10-11,13,15,19H,5-6,8-9H2,1H3. The van der Waals surface area contributed by atoms with Crippen molar-refractivity contribution < 1.29 is 4.74 Å². The molecule has 0 atom stereocenters. The van der Waals surface area contributed by atoms with Gasteiger partial charge in [0.1, 0.15) is 0 Å². The van der Waals surface area contributed by atoms with Gasteiger partial charge >= 0.3 is 0 Å². The van der Waals surface area contributed by atoms with Crippen LogP contribution in [0.2, 0.25) is 0 Å². The van der Waals surface area contributed by atoms with Gasteiger partial charge < -0.3 is 10.1 Å². The lowest BCUT2D eigenvalue weighted by molar-refractivity contribution is 0.183. The van der Waals surface area contributed by atoms with Crippen LogP contribution in [0.1, 0.15) is 24.3 Å². The van der Waals surface area contributed by atoms with E-state index in [0.717, 1.165) is 16.7 Å². The van der Waals surface area contributed by atoms with Crippen molar-refractivity contribution in [2.24, 2.45) is 0 Å². The molecule has 1 aliphatic rings. The molecule has 21 heavy (non-hydrogen) atoms. The smallest absolute Gasteiger partial charge is 0.0728 e. The minimum atomic E-state index is 0.550. The van der Waals surface area contributed by atoms with Crippen LogP contribution in [-0.2, 0) is 11.3 Å². The van der Waals surface area contributed by atoms with E-state index in [2.05, 4.69) is 50.6 Å². The SMILES string of the molecule is COCCn1cc(NC2CC(c3cccc(Br)c3)C2)cn1. The maximum Gasteiger partial charge on any atom is 0.0728 e. The number of hydrogen-bond donors (Lipinski definition) is 1. The average molecular weight is 350 g/mol. The Morgan fingerprint density at radius 3 is 3.05 bits per heavy atom. The molecule has 112 valence electrons. The number of anilines is 1. The van der Waals surface area contributed by atoms with Crippen molar-refractivity contribution in [1.82, 2.24) is 9.78 Å². The Labute approximate surface area is 133 Å². The summed E-state index contributed by atoms with van der Waals surface area (Å²) >= 11 is 3.54. The molecule has 1 N–H and O–H groups in total. The van der Waals surface area contributed by atoms with Crippen LogP contribution in [-0.4, -0.2) is 29.5 Å². The van der Waals surface area contributed by atoms with Crippen LogP contribution in [0.25, 0.3) is 0 Å². The first-order chi connectivity index (χ1) is 10.2. The van der Waals surface area contributed by atoms with Crippen molar-refractivity contribution in [3.63, 3.8) is 0 Å². The Hall–Kier alpha value is -1.33. The lowest BCUT2D eigenvalue weighted by atomic mass is 9.76. The minimum Gasteiger partial charge on any atom is -0.383 e. The van der Waals surface area contributed by atoms with Crippen molar-refractivity contribution >= 4 is 21.6 Å². The first kappa shape index (κ1) is 14.6. The van der Waals surface area contributed by atoms with Crippen LogP contribution in [0.5, 0.6) is 0 Å². The third kappa shape index (κ3) is 3.66. The zero-order chi connectivity index (χ0) is 14.7. The van der Waals surface area contributed by atoms with E-state index in [1.165, 1.54) is 18.4 Å². The predicted octanol–water partition coefficient (Wildman–Crippen LogP) is 3.65. The van der Waals surface area contributed by atoms with Crippen molar-refractivity contribution in [2.75, 3.05) is 19.0 Å². The molecule has 0 aliphatic heterocycles. The molecular formula is C16H20BrN3O. The van der Waals surface area contributed by atoms with E-state index in [1.807, 2.05) is 17.1 Å². The molecule has 1 aromatic carbocycles. The van der Waals surface area contributed by atoms with Gasteiger partial charge in [-0.05, 0) is 36.5 Å². The van der Waals surface area contributed by atoms with Gasteiger partial charge in [-0.3, -0.25) is 4.68 Å². The summed E-state index contributed by atoms with van der Waals surface area (Å²) in [5.41, 5.74) is 2.53. The topological polar surface area (TPSA) is 39.1 Å². The van der Waals surface area contributed by atoms with E-state index in [9.17, 15) is 0 Å². The van der Waals surface area contributed by atoms with E-state index in [4.69, 9.17) is 4.74 Å². The molecule has 0 amide bonds. The molecular weight excluding hydrogens is 330 g/mol. The largest absolute Gasteiger partial charge is 0.383 e. The normalized spacial score (nSPS) is 21.0. The lowest BCUT2D eigenvalue weighted by Gasteiger charge is -2.36. The fourth-order valence-corrected chi connectivity index (χ4v) is 3.17. The highest BCUT2D eigenvalue weighted by Crippen LogP contribution is 2.39. The molecule has 0 radical (unpaired) electrons. The van der Waals surface area contributed by atoms with Gasteiger partial charge in [-0.25, -0.2) is 0 Å². The Balaban J connectivity index is 1.49. The molecule has 0 spiro atoms. The van der Waals surface area contributed by atoms with Gasteiger partial charge in [-0.2, -0.15) is 5.10 Å². The minimum absolute atomic E-state index is 0.550. The first-order valence-electron chi connectivity index (χ1n) is 7.28. The molecule has 5 heteroatoms. The van der Waals surface area contributed by atoms with E-state index in [1.54, 1.807) is 7.11 Å². The quantitative estimate of drug-likeness (QED) is 0.864. The van der Waals surface area contributed by atoms with Crippen LogP contribution >= 0.6 is 15.9 Å². The van der Waals surface area contributed by atoms with Crippen LogP contribution < -0.4 is 5.32 Å². The van der Waals surface area contributed by atoms with E-state index < -0.39 is 0 Å². The van der Waals surface area contributed by atoms with Gasteiger partial charge in [0.15, 0.2) is 0 Å². The molecule has 1 saturated carbocycles. The summed E-state index contributed by atoms with van der Waals surface area (Å²) in [6.45, 7) is 1.49. The third-order valence-electron chi connectivity index (χ3n) is 3.99. The highest BCUT2D eigenvalue weighted by Gasteiger charge is 2.30. The summed E-state index contributed by atoms with van der Waals surface area (Å²) in [7, 11) is 1.71. The van der Waals surface area contributed by atoms with Crippen LogP contribution in [0.15, 0.2) is 41.1 Å². The lowest BCUT2D eigenvalue weighted by Crippen LogP contribution is -2.33. The summed E-state index contributed by atoms with van der Waals surface area (Å²) in [6, 6.07) is 9.18. The third-order valence-corrected chi connectivity index (χ3v) is 4.48. The fourth-order valence-electron chi connectivity index (χ4n) is 2.75. The second kappa shape index (κ2) is 6.62. The number of aromatic nitrogens is 2. The summed E-state index contributed by atoms with van der Waals surface area (Å²) in [5.74, 6) is 0.670. The number of benzene rings is 1. The predicted molar refractivity (Wildman–Crippen MR) is 87.6 cm³/mol. The molecule has 1 fully saturated rings. The van der Waals surface area contributed by atoms with Crippen molar-refractivity contribution in [3.05, 3.63) is 46.7 Å². The summed E-state index contributed by atoms with van der Waals surface area (Å²) in [6.07, 6.45) is 6.30. The van der Waals surface area contributed by atoms with Crippen LogP contribution in [0.4, 0.5) is 5.69 Å². The van der Waals surface area contributed by atoms with Gasteiger partial charge in [0.05, 0.1) is 25.0 Å². The van der Waals surface area contributed by atoms with Gasteiger partial charge in [0.2, 0.25) is 0 Å². The molecule has 1 aromatic heterocycles. The Bertz CT molecular complexity index is 593. The molecule has 1 aliphatic carbocycles. The maximum absolute atomic E-state index is 5.06. The zero-order valence-corrected chi connectivity index (χ0v) is 13.7. The molecule has 2 aromatic rings. The highest BCUT2D eigenvalue weighted by molar-refractivity contribution is 9.10. The van der Waals surface area contributed by atoms with Gasteiger partial charge in [-0.1, -0.05) is 28.1 Å². The Morgan fingerprint density at radius 2 is 2.29 bits per heavy atom. The van der Waals surface area contributed by atoms with E-state index in [0.29, 0.717) is 18.6 Å². The van der Waals surface area contributed by atoms with Crippen molar-refractivity contribution in [3.8, 4) is 0 Å². The van der Waals surface area contributed by atoms with Gasteiger partial charge in [0, 0.05) is 23.8 Å². The summed E-state index contributed by atoms with van der Waals surface area (Å²) in [5, 5.41) is 7.88.